The molecule has 0 spiro atoms. The van der Waals surface area contributed by atoms with Gasteiger partial charge in [-0.1, -0.05) is 6.07 Å². The SMILES string of the molecule is CS(=O)(=O)N=C(N)c1cccc(-c2csc(N=C(N)N)n2)n1. The lowest BCUT2D eigenvalue weighted by molar-refractivity contribution is 0.603. The van der Waals surface area contributed by atoms with E-state index in [9.17, 15) is 8.42 Å². The minimum absolute atomic E-state index is 0.0906. The van der Waals surface area contributed by atoms with Gasteiger partial charge in [-0.15, -0.1) is 15.7 Å². The average molecular weight is 339 g/mol. The Kier molecular flexibility index (Phi) is 4.37. The zero-order valence-corrected chi connectivity index (χ0v) is 13.1. The first-order valence-corrected chi connectivity index (χ1v) is 8.56. The smallest absolute Gasteiger partial charge is 0.252 e. The summed E-state index contributed by atoms with van der Waals surface area (Å²) in [4.78, 5) is 12.3. The second-order valence-electron chi connectivity index (χ2n) is 4.17. The van der Waals surface area contributed by atoms with Crippen LogP contribution in [0.15, 0.2) is 33.0 Å². The van der Waals surface area contributed by atoms with E-state index in [1.807, 2.05) is 0 Å². The molecule has 9 nitrogen and oxygen atoms in total. The first-order valence-electron chi connectivity index (χ1n) is 5.83. The summed E-state index contributed by atoms with van der Waals surface area (Å²) in [5, 5.41) is 2.11. The third-order valence-corrected chi connectivity index (χ3v) is 3.52. The average Bonchev–Trinajstić information content (AvgIpc) is 2.84. The molecular weight excluding hydrogens is 326 g/mol. The van der Waals surface area contributed by atoms with Crippen molar-refractivity contribution in [1.29, 1.82) is 0 Å². The van der Waals surface area contributed by atoms with Gasteiger partial charge >= 0.3 is 0 Å². The standard InChI is InChI=1S/C11H13N7O2S2/c1-22(19,20)18-9(12)7-4-2-3-6(15-7)8-5-21-11(16-8)17-10(13)14/h2-5H,1H3,(H2,12,18)(H4,13,14,16,17). The molecule has 6 N–H and O–H groups in total. The Morgan fingerprint density at radius 1 is 1.18 bits per heavy atom. The number of sulfonamides is 1. The van der Waals surface area contributed by atoms with Crippen LogP contribution in [0.2, 0.25) is 0 Å². The highest BCUT2D eigenvalue weighted by Gasteiger charge is 2.09. The minimum Gasteiger partial charge on any atom is -0.381 e. The Morgan fingerprint density at radius 2 is 1.91 bits per heavy atom. The highest BCUT2D eigenvalue weighted by Crippen LogP contribution is 2.25. The van der Waals surface area contributed by atoms with Crippen LogP contribution in [-0.4, -0.2) is 36.4 Å². The number of nitrogens with two attached hydrogens (primary N) is 3. The van der Waals surface area contributed by atoms with Gasteiger partial charge in [0.15, 0.2) is 11.8 Å². The van der Waals surface area contributed by atoms with E-state index in [-0.39, 0.29) is 17.5 Å². The molecule has 11 heteroatoms. The number of rotatable bonds is 4. The molecule has 0 aliphatic rings. The first kappa shape index (κ1) is 15.9. The van der Waals surface area contributed by atoms with Crippen molar-refractivity contribution >= 4 is 38.3 Å². The van der Waals surface area contributed by atoms with E-state index in [0.29, 0.717) is 16.5 Å². The molecule has 0 saturated heterocycles. The van der Waals surface area contributed by atoms with E-state index in [4.69, 9.17) is 17.2 Å². The Balaban J connectivity index is 2.39. The van der Waals surface area contributed by atoms with Gasteiger partial charge in [-0.3, -0.25) is 0 Å². The molecule has 0 amide bonds. The van der Waals surface area contributed by atoms with Crippen molar-refractivity contribution < 1.29 is 8.42 Å². The van der Waals surface area contributed by atoms with Gasteiger partial charge in [0.25, 0.3) is 10.0 Å². The molecule has 2 aromatic rings. The van der Waals surface area contributed by atoms with Crippen LogP contribution in [-0.2, 0) is 10.0 Å². The molecule has 2 heterocycles. The molecule has 116 valence electrons. The Hall–Kier alpha value is -2.53. The maximum Gasteiger partial charge on any atom is 0.252 e. The molecule has 0 radical (unpaired) electrons. The van der Waals surface area contributed by atoms with Crippen LogP contribution in [0.3, 0.4) is 0 Å². The molecule has 0 atom stereocenters. The van der Waals surface area contributed by atoms with Gasteiger partial charge < -0.3 is 17.2 Å². The Bertz CT molecular complexity index is 851. The highest BCUT2D eigenvalue weighted by atomic mass is 32.2. The van der Waals surface area contributed by atoms with Crippen molar-refractivity contribution in [2.24, 2.45) is 26.6 Å². The number of aliphatic imine (C=N–C) groups is 1. The molecule has 0 aromatic carbocycles. The number of pyridine rings is 1. The van der Waals surface area contributed by atoms with Gasteiger partial charge in [-0.05, 0) is 12.1 Å². The molecule has 2 aromatic heterocycles. The van der Waals surface area contributed by atoms with Crippen molar-refractivity contribution in [1.82, 2.24) is 9.97 Å². The molecule has 0 aliphatic carbocycles. The van der Waals surface area contributed by atoms with Gasteiger partial charge in [0.1, 0.15) is 11.4 Å². The van der Waals surface area contributed by atoms with Gasteiger partial charge in [0.2, 0.25) is 5.13 Å². The number of thiazole rings is 1. The monoisotopic (exact) mass is 339 g/mol. The molecular formula is C11H13N7O2S2. The van der Waals surface area contributed by atoms with E-state index < -0.39 is 10.0 Å². The number of guanidine groups is 1. The quantitative estimate of drug-likeness (QED) is 0.511. The topological polar surface area (TPSA) is 163 Å². The van der Waals surface area contributed by atoms with Crippen LogP contribution >= 0.6 is 11.3 Å². The van der Waals surface area contributed by atoms with Crippen LogP contribution in [0, 0.1) is 0 Å². The molecule has 22 heavy (non-hydrogen) atoms. The van der Waals surface area contributed by atoms with Crippen molar-refractivity contribution in [3.8, 4) is 11.4 Å². The highest BCUT2D eigenvalue weighted by molar-refractivity contribution is 7.89. The largest absolute Gasteiger partial charge is 0.381 e. The lowest BCUT2D eigenvalue weighted by Crippen LogP contribution is -2.21. The molecule has 0 unspecified atom stereocenters. The lowest BCUT2D eigenvalue weighted by Gasteiger charge is -2.01. The van der Waals surface area contributed by atoms with E-state index >= 15 is 0 Å². The molecule has 2 rings (SSSR count). The van der Waals surface area contributed by atoms with Crippen LogP contribution in [0.25, 0.3) is 11.4 Å². The van der Waals surface area contributed by atoms with E-state index in [2.05, 4.69) is 19.4 Å². The predicted molar refractivity (Wildman–Crippen MR) is 86.4 cm³/mol. The summed E-state index contributed by atoms with van der Waals surface area (Å²) in [7, 11) is -3.59. The minimum atomic E-state index is -3.59. The normalized spacial score (nSPS) is 12.1. The van der Waals surface area contributed by atoms with Gasteiger partial charge in [0, 0.05) is 5.38 Å². The first-order chi connectivity index (χ1) is 10.2. The fourth-order valence-corrected chi connectivity index (χ4v) is 2.64. The van der Waals surface area contributed by atoms with Gasteiger partial charge in [0.05, 0.1) is 11.9 Å². The van der Waals surface area contributed by atoms with E-state index in [0.717, 1.165) is 6.26 Å². The van der Waals surface area contributed by atoms with Crippen LogP contribution < -0.4 is 17.2 Å². The number of hydrogen-bond donors (Lipinski definition) is 3. The summed E-state index contributed by atoms with van der Waals surface area (Å²) in [6.45, 7) is 0. The van der Waals surface area contributed by atoms with Crippen molar-refractivity contribution in [3.63, 3.8) is 0 Å². The second kappa shape index (κ2) is 6.07. The number of nitrogens with zero attached hydrogens (tertiary/aromatic N) is 4. The summed E-state index contributed by atoms with van der Waals surface area (Å²) in [5.41, 5.74) is 17.5. The maximum atomic E-state index is 11.1. The Labute approximate surface area is 130 Å². The number of hydrogen-bond acceptors (Lipinski definition) is 6. The summed E-state index contributed by atoms with van der Waals surface area (Å²) in [6.07, 6.45) is 0.950. The van der Waals surface area contributed by atoms with Crippen LogP contribution in [0.4, 0.5) is 5.13 Å². The number of amidine groups is 1. The van der Waals surface area contributed by atoms with Gasteiger partial charge in [-0.25, -0.2) is 18.4 Å². The maximum absolute atomic E-state index is 11.1. The van der Waals surface area contributed by atoms with E-state index in [1.54, 1.807) is 23.6 Å². The van der Waals surface area contributed by atoms with Crippen LogP contribution in [0.5, 0.6) is 0 Å². The molecule has 0 fully saturated rings. The zero-order chi connectivity index (χ0) is 16.3. The third-order valence-electron chi connectivity index (χ3n) is 2.25. The van der Waals surface area contributed by atoms with Gasteiger partial charge in [-0.2, -0.15) is 4.99 Å². The third kappa shape index (κ3) is 4.23. The fourth-order valence-electron chi connectivity index (χ4n) is 1.49. The number of aromatic nitrogens is 2. The zero-order valence-electron chi connectivity index (χ0n) is 11.5. The molecule has 0 saturated carbocycles. The summed E-state index contributed by atoms with van der Waals surface area (Å²) in [6, 6.07) is 4.92. The molecule has 0 aliphatic heterocycles. The van der Waals surface area contributed by atoms with E-state index in [1.165, 1.54) is 11.3 Å². The molecule has 0 bridgehead atoms. The summed E-state index contributed by atoms with van der Waals surface area (Å²) >= 11 is 1.24. The summed E-state index contributed by atoms with van der Waals surface area (Å²) in [5.74, 6) is -0.281. The predicted octanol–water partition coefficient (Wildman–Crippen LogP) is -0.225. The lowest BCUT2D eigenvalue weighted by atomic mass is 10.2. The fraction of sp³-hybridized carbons (Fsp3) is 0.0909. The van der Waals surface area contributed by atoms with Crippen molar-refractivity contribution in [2.45, 2.75) is 0 Å². The van der Waals surface area contributed by atoms with Crippen molar-refractivity contribution in [3.05, 3.63) is 29.3 Å². The van der Waals surface area contributed by atoms with Crippen molar-refractivity contribution in [2.75, 3.05) is 6.26 Å². The van der Waals surface area contributed by atoms with Crippen LogP contribution in [0.1, 0.15) is 5.69 Å². The summed E-state index contributed by atoms with van der Waals surface area (Å²) < 4.78 is 25.7. The second-order valence-corrected chi connectivity index (χ2v) is 6.65. The Morgan fingerprint density at radius 3 is 2.55 bits per heavy atom.